The zero-order valence-electron chi connectivity index (χ0n) is 7.28. The molecule has 0 aromatic heterocycles. The molecule has 0 atom stereocenters. The van der Waals surface area contributed by atoms with Gasteiger partial charge in [-0.25, -0.2) is 4.39 Å². The Hall–Kier alpha value is -1.09. The van der Waals surface area contributed by atoms with Gasteiger partial charge in [-0.3, -0.25) is 0 Å². The Kier molecular flexibility index (Phi) is 2.19. The summed E-state index contributed by atoms with van der Waals surface area (Å²) in [5, 5.41) is 8.81. The highest BCUT2D eigenvalue weighted by Crippen LogP contribution is 2.23. The molecule has 2 nitrogen and oxygen atoms in total. The van der Waals surface area contributed by atoms with Crippen molar-refractivity contribution in [2.45, 2.75) is 0 Å². The molecule has 1 aromatic carbocycles. The van der Waals surface area contributed by atoms with Gasteiger partial charge in [-0.05, 0) is 24.3 Å². The third-order valence-corrected chi connectivity index (χ3v) is 2.41. The van der Waals surface area contributed by atoms with Gasteiger partial charge in [-0.1, -0.05) is 0 Å². The standard InChI is InChI=1S/C10H12FNO/c11-9-1-3-10(4-2-9)12-5-8(6-12)7-13/h1-4,8,13H,5-7H2. The molecule has 0 amide bonds. The Balaban J connectivity index is 1.99. The lowest BCUT2D eigenvalue weighted by Crippen LogP contribution is -2.48. The summed E-state index contributed by atoms with van der Waals surface area (Å²) in [4.78, 5) is 2.13. The van der Waals surface area contributed by atoms with Gasteiger partial charge in [0.25, 0.3) is 0 Å². The van der Waals surface area contributed by atoms with Gasteiger partial charge in [-0.15, -0.1) is 0 Å². The van der Waals surface area contributed by atoms with E-state index < -0.39 is 0 Å². The van der Waals surface area contributed by atoms with Crippen molar-refractivity contribution in [2.75, 3.05) is 24.6 Å². The van der Waals surface area contributed by atoms with Gasteiger partial charge in [0.05, 0.1) is 0 Å². The lowest BCUT2D eigenvalue weighted by molar-refractivity contribution is 0.201. The molecule has 1 aliphatic heterocycles. The summed E-state index contributed by atoms with van der Waals surface area (Å²) in [6.45, 7) is 2.00. The second kappa shape index (κ2) is 3.34. The first-order valence-electron chi connectivity index (χ1n) is 4.41. The van der Waals surface area contributed by atoms with Crippen LogP contribution < -0.4 is 4.90 Å². The number of aliphatic hydroxyl groups is 1. The Bertz CT molecular complexity index is 279. The van der Waals surface area contributed by atoms with Crippen LogP contribution in [0.2, 0.25) is 0 Å². The molecule has 1 fully saturated rings. The molecule has 1 aromatic rings. The highest BCUT2D eigenvalue weighted by molar-refractivity contribution is 5.48. The molecule has 0 spiro atoms. The maximum atomic E-state index is 12.6. The number of aliphatic hydroxyl groups excluding tert-OH is 1. The van der Waals surface area contributed by atoms with Crippen LogP contribution in [-0.4, -0.2) is 24.8 Å². The van der Waals surface area contributed by atoms with Crippen molar-refractivity contribution in [1.82, 2.24) is 0 Å². The normalized spacial score (nSPS) is 17.2. The molecule has 0 saturated carbocycles. The van der Waals surface area contributed by atoms with Crippen LogP contribution in [0.25, 0.3) is 0 Å². The van der Waals surface area contributed by atoms with Crippen molar-refractivity contribution in [3.05, 3.63) is 30.1 Å². The van der Waals surface area contributed by atoms with Crippen molar-refractivity contribution < 1.29 is 9.50 Å². The molecule has 1 aliphatic rings. The number of nitrogens with zero attached hydrogens (tertiary/aromatic N) is 1. The van der Waals surface area contributed by atoms with Crippen LogP contribution in [0, 0.1) is 11.7 Å². The summed E-state index contributed by atoms with van der Waals surface area (Å²) in [5.74, 6) is 0.188. The number of benzene rings is 1. The third-order valence-electron chi connectivity index (χ3n) is 2.41. The molecule has 3 heteroatoms. The van der Waals surface area contributed by atoms with Crippen LogP contribution >= 0.6 is 0 Å². The molecular formula is C10H12FNO. The predicted octanol–water partition coefficient (Wildman–Crippen LogP) is 1.25. The van der Waals surface area contributed by atoms with Crippen LogP contribution in [0.5, 0.6) is 0 Å². The van der Waals surface area contributed by atoms with Crippen LogP contribution in [-0.2, 0) is 0 Å². The maximum absolute atomic E-state index is 12.6. The van der Waals surface area contributed by atoms with Crippen molar-refractivity contribution in [3.8, 4) is 0 Å². The summed E-state index contributed by atoms with van der Waals surface area (Å²) < 4.78 is 12.6. The van der Waals surface area contributed by atoms with Crippen LogP contribution in [0.4, 0.5) is 10.1 Å². The largest absolute Gasteiger partial charge is 0.396 e. The van der Waals surface area contributed by atoms with E-state index in [-0.39, 0.29) is 12.4 Å². The van der Waals surface area contributed by atoms with E-state index in [4.69, 9.17) is 5.11 Å². The van der Waals surface area contributed by atoms with E-state index in [0.29, 0.717) is 5.92 Å². The van der Waals surface area contributed by atoms with E-state index in [1.54, 1.807) is 12.1 Å². The Labute approximate surface area is 76.6 Å². The summed E-state index contributed by atoms with van der Waals surface area (Å²) in [5.41, 5.74) is 1.03. The lowest BCUT2D eigenvalue weighted by Gasteiger charge is -2.40. The second-order valence-electron chi connectivity index (χ2n) is 3.43. The molecule has 0 aliphatic carbocycles. The number of hydrogen-bond donors (Lipinski definition) is 1. The minimum atomic E-state index is -0.206. The first kappa shape index (κ1) is 8.51. The number of rotatable bonds is 2. The quantitative estimate of drug-likeness (QED) is 0.742. The molecule has 13 heavy (non-hydrogen) atoms. The fraction of sp³-hybridized carbons (Fsp3) is 0.400. The van der Waals surface area contributed by atoms with Crippen molar-refractivity contribution in [2.24, 2.45) is 5.92 Å². The van der Waals surface area contributed by atoms with Crippen molar-refractivity contribution in [3.63, 3.8) is 0 Å². The third kappa shape index (κ3) is 1.65. The highest BCUT2D eigenvalue weighted by atomic mass is 19.1. The summed E-state index contributed by atoms with van der Waals surface area (Å²) >= 11 is 0. The topological polar surface area (TPSA) is 23.5 Å². The van der Waals surface area contributed by atoms with E-state index in [9.17, 15) is 4.39 Å². The minimum absolute atomic E-state index is 0.206. The van der Waals surface area contributed by atoms with Crippen LogP contribution in [0.1, 0.15) is 0 Å². The second-order valence-corrected chi connectivity index (χ2v) is 3.43. The van der Waals surface area contributed by atoms with Crippen molar-refractivity contribution in [1.29, 1.82) is 0 Å². The Morgan fingerprint density at radius 1 is 1.31 bits per heavy atom. The molecule has 0 radical (unpaired) electrons. The molecule has 70 valence electrons. The van der Waals surface area contributed by atoms with Crippen molar-refractivity contribution >= 4 is 5.69 Å². The highest BCUT2D eigenvalue weighted by Gasteiger charge is 2.25. The predicted molar refractivity (Wildman–Crippen MR) is 49.2 cm³/mol. The van der Waals surface area contributed by atoms with E-state index in [1.807, 2.05) is 0 Å². The molecule has 1 heterocycles. The molecule has 2 rings (SSSR count). The summed E-state index contributed by atoms with van der Waals surface area (Å²) in [6.07, 6.45) is 0. The van der Waals surface area contributed by atoms with Gasteiger partial charge in [-0.2, -0.15) is 0 Å². The molecule has 1 N–H and O–H groups in total. The number of anilines is 1. The smallest absolute Gasteiger partial charge is 0.123 e. The van der Waals surface area contributed by atoms with Crippen LogP contribution in [0.3, 0.4) is 0 Å². The fourth-order valence-electron chi connectivity index (χ4n) is 1.55. The zero-order valence-corrected chi connectivity index (χ0v) is 7.28. The van der Waals surface area contributed by atoms with Crippen LogP contribution in [0.15, 0.2) is 24.3 Å². The van der Waals surface area contributed by atoms with Gasteiger partial charge in [0.1, 0.15) is 5.82 Å². The number of hydrogen-bond acceptors (Lipinski definition) is 2. The molecule has 1 saturated heterocycles. The van der Waals surface area contributed by atoms with E-state index in [1.165, 1.54) is 12.1 Å². The first-order valence-corrected chi connectivity index (χ1v) is 4.41. The van der Waals surface area contributed by atoms with Gasteiger partial charge in [0.15, 0.2) is 0 Å². The van der Waals surface area contributed by atoms with Gasteiger partial charge in [0, 0.05) is 31.3 Å². The van der Waals surface area contributed by atoms with Gasteiger partial charge in [0.2, 0.25) is 0 Å². The minimum Gasteiger partial charge on any atom is -0.396 e. The molecule has 0 unspecified atom stereocenters. The Morgan fingerprint density at radius 3 is 2.46 bits per heavy atom. The van der Waals surface area contributed by atoms with Gasteiger partial charge >= 0.3 is 0 Å². The molecular weight excluding hydrogens is 169 g/mol. The summed E-state index contributed by atoms with van der Waals surface area (Å²) in [6, 6.07) is 6.45. The average Bonchev–Trinajstić information content (AvgIpc) is 2.06. The monoisotopic (exact) mass is 181 g/mol. The van der Waals surface area contributed by atoms with E-state index in [2.05, 4.69) is 4.90 Å². The zero-order chi connectivity index (χ0) is 9.26. The Morgan fingerprint density at radius 2 is 1.92 bits per heavy atom. The fourth-order valence-corrected chi connectivity index (χ4v) is 1.55. The SMILES string of the molecule is OCC1CN(c2ccc(F)cc2)C1. The first-order chi connectivity index (χ1) is 6.29. The van der Waals surface area contributed by atoms with Gasteiger partial charge < -0.3 is 10.0 Å². The summed E-state index contributed by atoms with van der Waals surface area (Å²) in [7, 11) is 0. The van der Waals surface area contributed by atoms with E-state index >= 15 is 0 Å². The maximum Gasteiger partial charge on any atom is 0.123 e. The number of halogens is 1. The van der Waals surface area contributed by atoms with E-state index in [0.717, 1.165) is 18.8 Å². The average molecular weight is 181 g/mol. The molecule has 0 bridgehead atoms. The lowest BCUT2D eigenvalue weighted by atomic mass is 10.0.